The summed E-state index contributed by atoms with van der Waals surface area (Å²) in [7, 11) is -3.45. The van der Waals surface area contributed by atoms with Gasteiger partial charge in [-0.1, -0.05) is 53.2 Å². The molecular formula is C35H39BrFN3O5Si. The van der Waals surface area contributed by atoms with Crippen molar-refractivity contribution >= 4 is 59.6 Å². The van der Waals surface area contributed by atoms with Gasteiger partial charge in [-0.05, 0) is 74.0 Å². The molecule has 5 atom stereocenters. The molecule has 11 heteroatoms. The number of benzene rings is 3. The minimum absolute atomic E-state index is 0.0413. The van der Waals surface area contributed by atoms with Crippen molar-refractivity contribution in [2.75, 3.05) is 23.0 Å². The molecule has 3 amide bonds. The zero-order valence-electron chi connectivity index (χ0n) is 26.2. The summed E-state index contributed by atoms with van der Waals surface area (Å²) in [6.07, 6.45) is 1.49. The van der Waals surface area contributed by atoms with E-state index in [9.17, 15) is 19.5 Å². The molecule has 0 unspecified atom stereocenters. The lowest BCUT2D eigenvalue weighted by Gasteiger charge is -2.31. The van der Waals surface area contributed by atoms with E-state index in [1.807, 2.05) is 79.7 Å². The van der Waals surface area contributed by atoms with Crippen LogP contribution in [-0.2, 0) is 31.3 Å². The molecular weight excluding hydrogens is 669 g/mol. The average Bonchev–Trinajstić information content (AvgIpc) is 3.69. The largest absolute Gasteiger partial charge is 0.394 e. The summed E-state index contributed by atoms with van der Waals surface area (Å²) in [6, 6.07) is 22.2. The van der Waals surface area contributed by atoms with Gasteiger partial charge in [0, 0.05) is 39.4 Å². The molecule has 3 aliphatic heterocycles. The standard InChI is InChI=1S/C35H39BrFN3O5Si/c1-23-33(46(2,3)37)31(19-32(43)38-17-7-10-28(38)21-41)45-35(23)29-18-25(36)13-16-30(29)39(34(35)44)20-24-11-14-27(15-12-24)40(22-42)26-8-5-4-6-9-26/h4-6,8-9,11-16,18,22-23,28,31,33,41H,7,10,17,19-21H2,1-3H3/t23-,28+,31+,33-,35+/m1/s1. The number of para-hydroxylation sites is 1. The van der Waals surface area contributed by atoms with E-state index in [4.69, 9.17) is 4.74 Å². The van der Waals surface area contributed by atoms with E-state index < -0.39 is 31.6 Å². The molecule has 0 bridgehead atoms. The Morgan fingerprint density at radius 3 is 2.48 bits per heavy atom. The van der Waals surface area contributed by atoms with Crippen molar-refractivity contribution in [1.82, 2.24) is 4.90 Å². The molecule has 0 aromatic heterocycles. The first-order chi connectivity index (χ1) is 22.0. The number of halogens is 2. The first kappa shape index (κ1) is 32.6. The fourth-order valence-electron chi connectivity index (χ4n) is 7.82. The molecule has 2 saturated heterocycles. The molecule has 0 radical (unpaired) electrons. The number of aliphatic hydroxyl groups excluding tert-OH is 1. The first-order valence-corrected chi connectivity index (χ1v) is 19.5. The SMILES string of the molecule is C[C@@H]1[C@@H]([Si](C)(C)F)[C@H](CC(=O)N2CCC[C@H]2CO)O[C@@]12C(=O)N(Cc1ccc(N(C=O)c3ccccc3)cc1)c1ccc(Br)cc12. The van der Waals surface area contributed by atoms with Crippen LogP contribution in [0.1, 0.15) is 37.3 Å². The number of fused-ring (bicyclic) bond motifs is 2. The first-order valence-electron chi connectivity index (χ1n) is 15.8. The second-order valence-electron chi connectivity index (χ2n) is 13.1. The Morgan fingerprint density at radius 1 is 1.13 bits per heavy atom. The Balaban J connectivity index is 1.32. The van der Waals surface area contributed by atoms with Crippen molar-refractivity contribution in [3.63, 3.8) is 0 Å². The summed E-state index contributed by atoms with van der Waals surface area (Å²) >= 11 is 3.57. The predicted octanol–water partition coefficient (Wildman–Crippen LogP) is 6.44. The lowest BCUT2D eigenvalue weighted by Crippen LogP contribution is -2.45. The van der Waals surface area contributed by atoms with Gasteiger partial charge in [0.25, 0.3) is 5.91 Å². The number of amides is 3. The Kier molecular flexibility index (Phi) is 8.97. The van der Waals surface area contributed by atoms with E-state index in [0.717, 1.165) is 35.0 Å². The maximum absolute atomic E-state index is 16.2. The molecule has 8 nitrogen and oxygen atoms in total. The maximum atomic E-state index is 16.2. The quantitative estimate of drug-likeness (QED) is 0.157. The van der Waals surface area contributed by atoms with Crippen molar-refractivity contribution < 1.29 is 28.3 Å². The Labute approximate surface area is 278 Å². The normalized spacial score (nSPS) is 25.7. The topological polar surface area (TPSA) is 90.4 Å². The zero-order chi connectivity index (χ0) is 32.8. The van der Waals surface area contributed by atoms with Gasteiger partial charge < -0.3 is 23.8 Å². The molecule has 0 aliphatic carbocycles. The van der Waals surface area contributed by atoms with Crippen molar-refractivity contribution in [1.29, 1.82) is 0 Å². The number of hydrogen-bond donors (Lipinski definition) is 1. The van der Waals surface area contributed by atoms with Crippen molar-refractivity contribution in [2.24, 2.45) is 5.92 Å². The second kappa shape index (κ2) is 12.7. The summed E-state index contributed by atoms with van der Waals surface area (Å²) in [6.45, 7) is 5.82. The van der Waals surface area contributed by atoms with Gasteiger partial charge in [-0.15, -0.1) is 0 Å². The van der Waals surface area contributed by atoms with E-state index in [0.29, 0.717) is 23.5 Å². The number of nitrogens with zero attached hydrogens (tertiary/aromatic N) is 3. The van der Waals surface area contributed by atoms with E-state index in [1.54, 1.807) is 27.8 Å². The highest BCUT2D eigenvalue weighted by molar-refractivity contribution is 9.10. The van der Waals surface area contributed by atoms with Crippen LogP contribution in [0.3, 0.4) is 0 Å². The molecule has 3 aromatic carbocycles. The number of aliphatic hydroxyl groups is 1. The fraction of sp³-hybridized carbons (Fsp3) is 0.400. The van der Waals surface area contributed by atoms with Crippen LogP contribution in [-0.4, -0.2) is 61.9 Å². The fourth-order valence-corrected chi connectivity index (χ4v) is 10.7. The molecule has 1 spiro atoms. The van der Waals surface area contributed by atoms with Crippen LogP contribution in [0.2, 0.25) is 18.6 Å². The van der Waals surface area contributed by atoms with Crippen LogP contribution in [0.15, 0.2) is 77.3 Å². The number of ether oxygens (including phenoxy) is 1. The highest BCUT2D eigenvalue weighted by atomic mass is 79.9. The van der Waals surface area contributed by atoms with Crippen molar-refractivity contribution in [3.8, 4) is 0 Å². The third-order valence-corrected chi connectivity index (χ3v) is 12.9. The number of anilines is 3. The lowest BCUT2D eigenvalue weighted by atomic mass is 9.82. The maximum Gasteiger partial charge on any atom is 0.264 e. The van der Waals surface area contributed by atoms with Crippen molar-refractivity contribution in [3.05, 3.63) is 88.4 Å². The average molecular weight is 709 g/mol. The van der Waals surface area contributed by atoms with Gasteiger partial charge in [0.1, 0.15) is 0 Å². The number of carbonyl (C=O) groups is 3. The van der Waals surface area contributed by atoms with E-state index in [-0.39, 0.29) is 37.4 Å². The second-order valence-corrected chi connectivity index (χ2v) is 17.8. The van der Waals surface area contributed by atoms with E-state index in [2.05, 4.69) is 15.9 Å². The minimum atomic E-state index is -3.45. The number of hydrogen-bond acceptors (Lipinski definition) is 5. The van der Waals surface area contributed by atoms with Crippen molar-refractivity contribution in [2.45, 2.75) is 69.1 Å². The summed E-state index contributed by atoms with van der Waals surface area (Å²) in [5, 5.41) is 9.81. The lowest BCUT2D eigenvalue weighted by molar-refractivity contribution is -0.150. The van der Waals surface area contributed by atoms with Crippen LogP contribution in [0.25, 0.3) is 0 Å². The number of carbonyl (C=O) groups excluding carboxylic acids is 3. The van der Waals surface area contributed by atoms with Crippen LogP contribution >= 0.6 is 15.9 Å². The molecule has 1 N–H and O–H groups in total. The summed E-state index contributed by atoms with van der Waals surface area (Å²) < 4.78 is 23.7. The van der Waals surface area contributed by atoms with Crippen LogP contribution in [0.5, 0.6) is 0 Å². The van der Waals surface area contributed by atoms with Gasteiger partial charge in [0.2, 0.25) is 20.7 Å². The molecule has 2 fully saturated rings. The molecule has 0 saturated carbocycles. The minimum Gasteiger partial charge on any atom is -0.394 e. The zero-order valence-corrected chi connectivity index (χ0v) is 28.8. The van der Waals surface area contributed by atoms with Gasteiger partial charge in [-0.2, -0.15) is 0 Å². The molecule has 3 heterocycles. The number of rotatable bonds is 9. The highest BCUT2D eigenvalue weighted by Crippen LogP contribution is 2.60. The highest BCUT2D eigenvalue weighted by Gasteiger charge is 2.67. The molecule has 3 aliphatic rings. The smallest absolute Gasteiger partial charge is 0.264 e. The third kappa shape index (κ3) is 5.61. The summed E-state index contributed by atoms with van der Waals surface area (Å²) in [5.74, 6) is -0.974. The number of likely N-dealkylation sites (tertiary alicyclic amines) is 1. The van der Waals surface area contributed by atoms with E-state index >= 15 is 4.11 Å². The molecule has 3 aromatic rings. The predicted molar refractivity (Wildman–Crippen MR) is 181 cm³/mol. The molecule has 242 valence electrons. The van der Waals surface area contributed by atoms with Gasteiger partial charge in [-0.3, -0.25) is 19.3 Å². The monoisotopic (exact) mass is 707 g/mol. The Hall–Kier alpha value is -3.38. The van der Waals surface area contributed by atoms with Gasteiger partial charge in [-0.25, -0.2) is 0 Å². The third-order valence-electron chi connectivity index (χ3n) is 9.90. The van der Waals surface area contributed by atoms with Crippen LogP contribution < -0.4 is 9.80 Å². The van der Waals surface area contributed by atoms with Crippen LogP contribution in [0, 0.1) is 5.92 Å². The molecule has 46 heavy (non-hydrogen) atoms. The summed E-state index contributed by atoms with van der Waals surface area (Å²) in [5.41, 5.74) is 1.58. The Bertz CT molecular complexity index is 1620. The van der Waals surface area contributed by atoms with Gasteiger partial charge >= 0.3 is 0 Å². The Morgan fingerprint density at radius 2 is 1.83 bits per heavy atom. The van der Waals surface area contributed by atoms with Gasteiger partial charge in [0.15, 0.2) is 5.60 Å². The molecule has 6 rings (SSSR count). The van der Waals surface area contributed by atoms with Gasteiger partial charge in [0.05, 0.1) is 37.4 Å². The van der Waals surface area contributed by atoms with Crippen LogP contribution in [0.4, 0.5) is 21.2 Å². The summed E-state index contributed by atoms with van der Waals surface area (Å²) in [4.78, 5) is 45.1. The van der Waals surface area contributed by atoms with E-state index in [1.165, 1.54) is 0 Å².